The predicted molar refractivity (Wildman–Crippen MR) is 104 cm³/mol. The number of rotatable bonds is 7. The summed E-state index contributed by atoms with van der Waals surface area (Å²) in [4.78, 5) is 10.7. The van der Waals surface area contributed by atoms with Crippen LogP contribution in [0, 0.1) is 5.92 Å². The molecule has 146 valence electrons. The molecule has 26 heavy (non-hydrogen) atoms. The quantitative estimate of drug-likeness (QED) is 0.355. The van der Waals surface area contributed by atoms with Crippen LogP contribution in [0.4, 0.5) is 0 Å². The molecule has 1 aromatic heterocycles. The summed E-state index contributed by atoms with van der Waals surface area (Å²) in [5.41, 5.74) is 0. The van der Waals surface area contributed by atoms with Gasteiger partial charge in [0.1, 0.15) is 4.90 Å². The first-order valence-corrected chi connectivity index (χ1v) is 10.4. The molecule has 2 heterocycles. The topological polar surface area (TPSA) is 98.7 Å². The maximum Gasteiger partial charge on any atom is 0.242 e. The number of hydrogen-bond acceptors (Lipinski definition) is 5. The number of likely N-dealkylation sites (tertiary alicyclic amines) is 1. The van der Waals surface area contributed by atoms with Gasteiger partial charge in [0.2, 0.25) is 10.0 Å². The number of sulfonamides is 1. The van der Waals surface area contributed by atoms with Crippen molar-refractivity contribution in [2.45, 2.75) is 37.8 Å². The van der Waals surface area contributed by atoms with E-state index in [4.69, 9.17) is 0 Å². The van der Waals surface area contributed by atoms with Gasteiger partial charge >= 0.3 is 0 Å². The molecule has 2 atom stereocenters. The van der Waals surface area contributed by atoms with Gasteiger partial charge in [0.15, 0.2) is 5.96 Å². The lowest BCUT2D eigenvalue weighted by atomic mass is 10.1. The lowest BCUT2D eigenvalue weighted by Crippen LogP contribution is -2.48. The molecule has 2 unspecified atom stereocenters. The van der Waals surface area contributed by atoms with Gasteiger partial charge in [-0.15, -0.1) is 0 Å². The Balaban J connectivity index is 1.78. The number of aliphatic imine (C=N–C) groups is 1. The van der Waals surface area contributed by atoms with Crippen LogP contribution in [-0.4, -0.2) is 69.6 Å². The van der Waals surface area contributed by atoms with Crippen LogP contribution in [0.3, 0.4) is 0 Å². The van der Waals surface area contributed by atoms with E-state index in [1.54, 1.807) is 19.3 Å². The van der Waals surface area contributed by atoms with Gasteiger partial charge in [-0.05, 0) is 31.9 Å². The van der Waals surface area contributed by atoms with Gasteiger partial charge in [-0.1, -0.05) is 6.92 Å². The average molecular weight is 383 g/mol. The van der Waals surface area contributed by atoms with Gasteiger partial charge in [0.05, 0.1) is 0 Å². The lowest BCUT2D eigenvalue weighted by molar-refractivity contribution is 0.265. The zero-order valence-electron chi connectivity index (χ0n) is 15.9. The maximum atomic E-state index is 12.1. The Morgan fingerprint density at radius 1 is 1.38 bits per heavy atom. The summed E-state index contributed by atoms with van der Waals surface area (Å²) < 4.78 is 26.8. The molecule has 1 aromatic rings. The minimum atomic E-state index is -3.53. The SMILES string of the molecule is CN=C(NCCNS(=O)(=O)c1cccnc1)NC1CN(C(C)C)CC1C. The number of nitrogens with zero attached hydrogens (tertiary/aromatic N) is 3. The summed E-state index contributed by atoms with van der Waals surface area (Å²) in [5, 5.41) is 6.60. The molecular formula is C17H30N6O2S. The summed E-state index contributed by atoms with van der Waals surface area (Å²) in [6.45, 7) is 9.39. The lowest BCUT2D eigenvalue weighted by Gasteiger charge is -2.22. The van der Waals surface area contributed by atoms with Crippen molar-refractivity contribution in [1.82, 2.24) is 25.2 Å². The van der Waals surface area contributed by atoms with Crippen LogP contribution in [0.5, 0.6) is 0 Å². The van der Waals surface area contributed by atoms with E-state index < -0.39 is 10.0 Å². The van der Waals surface area contributed by atoms with Crippen LogP contribution in [0.1, 0.15) is 20.8 Å². The highest BCUT2D eigenvalue weighted by Gasteiger charge is 2.31. The van der Waals surface area contributed by atoms with Crippen molar-refractivity contribution in [1.29, 1.82) is 0 Å². The second-order valence-corrected chi connectivity index (χ2v) is 8.63. The van der Waals surface area contributed by atoms with Crippen molar-refractivity contribution < 1.29 is 8.42 Å². The van der Waals surface area contributed by atoms with Crippen molar-refractivity contribution in [2.24, 2.45) is 10.9 Å². The zero-order chi connectivity index (χ0) is 19.2. The molecule has 1 saturated heterocycles. The van der Waals surface area contributed by atoms with Gasteiger partial charge in [0.25, 0.3) is 0 Å². The highest BCUT2D eigenvalue weighted by atomic mass is 32.2. The molecule has 1 fully saturated rings. The highest BCUT2D eigenvalue weighted by Crippen LogP contribution is 2.18. The van der Waals surface area contributed by atoms with E-state index in [0.717, 1.165) is 13.1 Å². The van der Waals surface area contributed by atoms with Crippen molar-refractivity contribution in [3.8, 4) is 0 Å². The summed E-state index contributed by atoms with van der Waals surface area (Å²) in [5.74, 6) is 1.22. The molecule has 9 heteroatoms. The van der Waals surface area contributed by atoms with E-state index in [1.807, 2.05) is 0 Å². The second-order valence-electron chi connectivity index (χ2n) is 6.86. The van der Waals surface area contributed by atoms with Crippen LogP contribution < -0.4 is 15.4 Å². The van der Waals surface area contributed by atoms with E-state index in [9.17, 15) is 8.42 Å². The Labute approximate surface area is 156 Å². The molecule has 1 aliphatic rings. The predicted octanol–water partition coefficient (Wildman–Crippen LogP) is 0.254. The van der Waals surface area contributed by atoms with Crippen molar-refractivity contribution in [3.05, 3.63) is 24.5 Å². The fourth-order valence-corrected chi connectivity index (χ4v) is 3.93. The van der Waals surface area contributed by atoms with E-state index in [2.05, 4.69) is 51.0 Å². The van der Waals surface area contributed by atoms with Gasteiger partial charge < -0.3 is 10.6 Å². The Morgan fingerprint density at radius 2 is 2.15 bits per heavy atom. The minimum Gasteiger partial charge on any atom is -0.355 e. The van der Waals surface area contributed by atoms with Crippen molar-refractivity contribution in [3.63, 3.8) is 0 Å². The molecule has 2 rings (SSSR count). The van der Waals surface area contributed by atoms with E-state index in [1.165, 1.54) is 12.3 Å². The van der Waals surface area contributed by atoms with E-state index in [0.29, 0.717) is 30.5 Å². The molecule has 8 nitrogen and oxygen atoms in total. The third-order valence-electron chi connectivity index (χ3n) is 4.57. The smallest absolute Gasteiger partial charge is 0.242 e. The fraction of sp³-hybridized carbons (Fsp3) is 0.647. The Hall–Kier alpha value is -1.71. The third kappa shape index (κ3) is 5.65. The molecule has 0 bridgehead atoms. The first-order valence-electron chi connectivity index (χ1n) is 8.94. The van der Waals surface area contributed by atoms with Crippen LogP contribution in [0.2, 0.25) is 0 Å². The zero-order valence-corrected chi connectivity index (χ0v) is 16.8. The first kappa shape index (κ1) is 20.6. The molecule has 3 N–H and O–H groups in total. The first-order chi connectivity index (χ1) is 12.3. The molecule has 0 radical (unpaired) electrons. The summed E-state index contributed by atoms with van der Waals surface area (Å²) >= 11 is 0. The van der Waals surface area contributed by atoms with E-state index >= 15 is 0 Å². The number of pyridine rings is 1. The van der Waals surface area contributed by atoms with E-state index in [-0.39, 0.29) is 11.4 Å². The van der Waals surface area contributed by atoms with Crippen LogP contribution >= 0.6 is 0 Å². The Morgan fingerprint density at radius 3 is 2.73 bits per heavy atom. The monoisotopic (exact) mass is 382 g/mol. The van der Waals surface area contributed by atoms with Gasteiger partial charge in [-0.25, -0.2) is 13.1 Å². The van der Waals surface area contributed by atoms with Crippen molar-refractivity contribution >= 4 is 16.0 Å². The van der Waals surface area contributed by atoms with Crippen LogP contribution in [-0.2, 0) is 10.0 Å². The number of guanidine groups is 1. The number of hydrogen-bond donors (Lipinski definition) is 3. The fourth-order valence-electron chi connectivity index (χ4n) is 2.94. The molecule has 0 aliphatic carbocycles. The average Bonchev–Trinajstić information content (AvgIpc) is 2.99. The molecular weight excluding hydrogens is 352 g/mol. The maximum absolute atomic E-state index is 12.1. The minimum absolute atomic E-state index is 0.163. The second kappa shape index (κ2) is 9.29. The standard InChI is InChI=1S/C17H30N6O2S/c1-13(2)23-11-14(3)16(12-23)22-17(18-4)20-8-9-21-26(24,25)15-6-5-7-19-10-15/h5-7,10,13-14,16,21H,8-9,11-12H2,1-4H3,(H2,18,20,22). The molecule has 0 aromatic carbocycles. The third-order valence-corrected chi connectivity index (χ3v) is 6.02. The number of aromatic nitrogens is 1. The van der Waals surface area contributed by atoms with Crippen molar-refractivity contribution in [2.75, 3.05) is 33.2 Å². The molecule has 0 amide bonds. The normalized spacial score (nSPS) is 22.0. The van der Waals surface area contributed by atoms with Crippen LogP contribution in [0.15, 0.2) is 34.4 Å². The summed E-state index contributed by atoms with van der Waals surface area (Å²) in [6.07, 6.45) is 2.87. The highest BCUT2D eigenvalue weighted by molar-refractivity contribution is 7.89. The summed E-state index contributed by atoms with van der Waals surface area (Å²) in [6, 6.07) is 3.98. The largest absolute Gasteiger partial charge is 0.355 e. The van der Waals surface area contributed by atoms with Gasteiger partial charge in [-0.3, -0.25) is 14.9 Å². The van der Waals surface area contributed by atoms with Gasteiger partial charge in [-0.2, -0.15) is 0 Å². The Kier molecular flexibility index (Phi) is 7.36. The van der Waals surface area contributed by atoms with Crippen LogP contribution in [0.25, 0.3) is 0 Å². The molecule has 1 aliphatic heterocycles. The van der Waals surface area contributed by atoms with Gasteiger partial charge in [0, 0.05) is 57.7 Å². The molecule has 0 spiro atoms. The Bertz CT molecular complexity index is 692. The summed E-state index contributed by atoms with van der Waals surface area (Å²) in [7, 11) is -1.82. The number of nitrogens with one attached hydrogen (secondary N) is 3. The molecule has 0 saturated carbocycles.